The fourth-order valence-electron chi connectivity index (χ4n) is 2.88. The molecule has 0 radical (unpaired) electrons. The van der Waals surface area contributed by atoms with E-state index >= 15 is 0 Å². The summed E-state index contributed by atoms with van der Waals surface area (Å²) < 4.78 is 34.6. The van der Waals surface area contributed by atoms with Gasteiger partial charge in [-0.25, -0.2) is 14.6 Å². The van der Waals surface area contributed by atoms with Crippen LogP contribution in [0.15, 0.2) is 29.2 Å². The summed E-state index contributed by atoms with van der Waals surface area (Å²) in [5.74, 6) is -0.461. The summed E-state index contributed by atoms with van der Waals surface area (Å²) in [6.45, 7) is 6.29. The number of amides is 2. The van der Waals surface area contributed by atoms with Crippen LogP contribution < -0.4 is 4.90 Å². The van der Waals surface area contributed by atoms with Crippen LogP contribution >= 0.6 is 11.3 Å². The highest BCUT2D eigenvalue weighted by Gasteiger charge is 2.33. The molecule has 2 aromatic rings. The number of carbonyl (C=O) groups is 2. The van der Waals surface area contributed by atoms with Gasteiger partial charge in [0.1, 0.15) is 4.88 Å². The third-order valence-corrected chi connectivity index (χ3v) is 6.97. The molecule has 1 aromatic heterocycles. The molecule has 1 aliphatic rings. The fraction of sp³-hybridized carbons (Fsp3) is 0.421. The number of hydrogen-bond acceptors (Lipinski definition) is 8. The number of aryl methyl sites for hydroxylation is 2. The van der Waals surface area contributed by atoms with Gasteiger partial charge in [0.05, 0.1) is 23.8 Å². The minimum absolute atomic E-state index is 0.0761. The van der Waals surface area contributed by atoms with Gasteiger partial charge in [-0.15, -0.1) is 0 Å². The van der Waals surface area contributed by atoms with Crippen molar-refractivity contribution in [1.29, 1.82) is 0 Å². The molecule has 2 heterocycles. The third kappa shape index (κ3) is 4.79. The van der Waals surface area contributed by atoms with Crippen molar-refractivity contribution in [1.82, 2.24) is 9.88 Å². The first kappa shape index (κ1) is 22.2. The highest BCUT2D eigenvalue weighted by atomic mass is 32.2. The predicted octanol–water partition coefficient (Wildman–Crippen LogP) is 2.58. The molecule has 0 aliphatic carbocycles. The SMILES string of the molecule is CCOC(=O)c1sc(N2CCN(CCOS(=O)(=O)c3ccc(C)cc3)C2=O)nc1C. The van der Waals surface area contributed by atoms with Gasteiger partial charge in [-0.1, -0.05) is 29.0 Å². The van der Waals surface area contributed by atoms with Crippen LogP contribution in [-0.2, 0) is 19.0 Å². The van der Waals surface area contributed by atoms with Crippen molar-refractivity contribution in [3.8, 4) is 0 Å². The van der Waals surface area contributed by atoms with Crippen LogP contribution in [0.4, 0.5) is 9.93 Å². The van der Waals surface area contributed by atoms with E-state index in [1.807, 2.05) is 6.92 Å². The highest BCUT2D eigenvalue weighted by Crippen LogP contribution is 2.29. The average molecular weight is 454 g/mol. The highest BCUT2D eigenvalue weighted by molar-refractivity contribution is 7.86. The molecule has 0 saturated carbocycles. The lowest BCUT2D eigenvalue weighted by Crippen LogP contribution is -2.34. The summed E-state index contributed by atoms with van der Waals surface area (Å²) >= 11 is 1.10. The number of esters is 1. The normalized spacial score (nSPS) is 14.4. The summed E-state index contributed by atoms with van der Waals surface area (Å²) in [5.41, 5.74) is 1.45. The molecule has 11 heteroatoms. The lowest BCUT2D eigenvalue weighted by atomic mass is 10.2. The maximum absolute atomic E-state index is 12.7. The van der Waals surface area contributed by atoms with Crippen LogP contribution in [0.3, 0.4) is 0 Å². The number of aromatic nitrogens is 1. The number of urea groups is 1. The molecule has 1 aliphatic heterocycles. The monoisotopic (exact) mass is 453 g/mol. The molecule has 0 unspecified atom stereocenters. The Hall–Kier alpha value is -2.50. The van der Waals surface area contributed by atoms with Crippen LogP contribution in [0, 0.1) is 13.8 Å². The molecule has 1 aromatic carbocycles. The number of carbonyl (C=O) groups excluding carboxylic acids is 2. The molecule has 1 fully saturated rings. The number of hydrogen-bond donors (Lipinski definition) is 0. The lowest BCUT2D eigenvalue weighted by molar-refractivity contribution is 0.0531. The van der Waals surface area contributed by atoms with Crippen molar-refractivity contribution >= 4 is 38.6 Å². The van der Waals surface area contributed by atoms with Gasteiger partial charge in [0, 0.05) is 19.6 Å². The molecule has 0 N–H and O–H groups in total. The van der Waals surface area contributed by atoms with Gasteiger partial charge in [0.25, 0.3) is 10.1 Å². The molecule has 162 valence electrons. The number of thiazole rings is 1. The van der Waals surface area contributed by atoms with E-state index in [1.165, 1.54) is 21.9 Å². The van der Waals surface area contributed by atoms with Crippen molar-refractivity contribution in [2.24, 2.45) is 0 Å². The maximum atomic E-state index is 12.7. The first-order valence-corrected chi connectivity index (χ1v) is 11.6. The largest absolute Gasteiger partial charge is 0.462 e. The van der Waals surface area contributed by atoms with E-state index in [4.69, 9.17) is 8.92 Å². The van der Waals surface area contributed by atoms with E-state index < -0.39 is 16.1 Å². The molecule has 30 heavy (non-hydrogen) atoms. The second-order valence-corrected chi connectivity index (χ2v) is 9.23. The molecule has 3 rings (SSSR count). The fourth-order valence-corrected chi connectivity index (χ4v) is 4.76. The molecule has 9 nitrogen and oxygen atoms in total. The van der Waals surface area contributed by atoms with E-state index in [0.717, 1.165) is 16.9 Å². The van der Waals surface area contributed by atoms with Crippen LogP contribution in [0.2, 0.25) is 0 Å². The Kier molecular flexibility index (Phi) is 6.74. The maximum Gasteiger partial charge on any atom is 0.350 e. The van der Waals surface area contributed by atoms with Gasteiger partial charge in [-0.05, 0) is 32.9 Å². The van der Waals surface area contributed by atoms with Gasteiger partial charge in [-0.2, -0.15) is 8.42 Å². The van der Waals surface area contributed by atoms with Crippen molar-refractivity contribution in [3.05, 3.63) is 40.4 Å². The van der Waals surface area contributed by atoms with Gasteiger partial charge >= 0.3 is 12.0 Å². The first-order chi connectivity index (χ1) is 14.2. The number of ether oxygens (including phenoxy) is 1. The van der Waals surface area contributed by atoms with E-state index in [1.54, 1.807) is 26.0 Å². The number of nitrogens with zero attached hydrogens (tertiary/aromatic N) is 3. The summed E-state index contributed by atoms with van der Waals surface area (Å²) in [4.78, 5) is 32.4. The minimum atomic E-state index is -3.88. The Bertz CT molecular complexity index is 1030. The zero-order valence-electron chi connectivity index (χ0n) is 17.0. The average Bonchev–Trinajstić information content (AvgIpc) is 3.25. The molecule has 0 atom stereocenters. The summed E-state index contributed by atoms with van der Waals surface area (Å²) in [6.07, 6.45) is 0. The Morgan fingerprint density at radius 2 is 1.90 bits per heavy atom. The van der Waals surface area contributed by atoms with Crippen LogP contribution in [0.5, 0.6) is 0 Å². The third-order valence-electron chi connectivity index (χ3n) is 4.48. The molecule has 0 bridgehead atoms. The quantitative estimate of drug-likeness (QED) is 0.447. The number of rotatable bonds is 8. The van der Waals surface area contributed by atoms with Gasteiger partial charge in [-0.3, -0.25) is 9.08 Å². The Labute approximate surface area is 179 Å². The summed E-state index contributed by atoms with van der Waals surface area (Å²) in [6, 6.07) is 6.05. The van der Waals surface area contributed by atoms with E-state index in [-0.39, 0.29) is 30.7 Å². The number of anilines is 1. The number of benzene rings is 1. The molecule has 1 saturated heterocycles. The minimum Gasteiger partial charge on any atom is -0.462 e. The Balaban J connectivity index is 1.59. The summed E-state index contributed by atoms with van der Waals surface area (Å²) in [5, 5.41) is 0.413. The Morgan fingerprint density at radius 1 is 1.20 bits per heavy atom. The Morgan fingerprint density at radius 3 is 2.57 bits per heavy atom. The van der Waals surface area contributed by atoms with Crippen molar-refractivity contribution in [2.75, 3.05) is 37.7 Å². The molecule has 2 amide bonds. The smallest absolute Gasteiger partial charge is 0.350 e. The van der Waals surface area contributed by atoms with Gasteiger partial charge in [0.15, 0.2) is 5.13 Å². The van der Waals surface area contributed by atoms with E-state index in [9.17, 15) is 18.0 Å². The van der Waals surface area contributed by atoms with E-state index in [2.05, 4.69) is 4.98 Å². The van der Waals surface area contributed by atoms with Gasteiger partial charge in [0.2, 0.25) is 0 Å². The van der Waals surface area contributed by atoms with Crippen molar-refractivity contribution < 1.29 is 26.9 Å². The zero-order valence-corrected chi connectivity index (χ0v) is 18.6. The van der Waals surface area contributed by atoms with Crippen LogP contribution in [-0.4, -0.2) is 63.2 Å². The van der Waals surface area contributed by atoms with Crippen molar-refractivity contribution in [2.45, 2.75) is 25.7 Å². The van der Waals surface area contributed by atoms with Crippen LogP contribution in [0.1, 0.15) is 27.9 Å². The zero-order chi connectivity index (χ0) is 21.9. The second-order valence-electron chi connectivity index (χ2n) is 6.64. The van der Waals surface area contributed by atoms with Gasteiger partial charge < -0.3 is 9.64 Å². The molecular formula is C19H23N3O6S2. The topological polar surface area (TPSA) is 106 Å². The second kappa shape index (κ2) is 9.11. The summed E-state index contributed by atoms with van der Waals surface area (Å²) in [7, 11) is -3.88. The van der Waals surface area contributed by atoms with Crippen LogP contribution in [0.25, 0.3) is 0 Å². The predicted molar refractivity (Wildman–Crippen MR) is 111 cm³/mol. The standard InChI is InChI=1S/C19H23N3O6S2/c1-4-27-17(23)16-14(3)20-18(29-16)22-10-9-21(19(22)24)11-12-28-30(25,26)15-7-5-13(2)6-8-15/h5-8H,4,9-12H2,1-3H3. The first-order valence-electron chi connectivity index (χ1n) is 9.40. The van der Waals surface area contributed by atoms with Crippen molar-refractivity contribution in [3.63, 3.8) is 0 Å². The lowest BCUT2D eigenvalue weighted by Gasteiger charge is -2.16. The van der Waals surface area contributed by atoms with E-state index in [0.29, 0.717) is 28.8 Å². The molecule has 0 spiro atoms. The molecular weight excluding hydrogens is 430 g/mol.